The molecule has 1 aromatic carbocycles. The van der Waals surface area contributed by atoms with Crippen molar-refractivity contribution in [1.82, 2.24) is 15.3 Å². The Kier molecular flexibility index (Phi) is 5.04. The zero-order chi connectivity index (χ0) is 17.8. The van der Waals surface area contributed by atoms with Gasteiger partial charge in [0.25, 0.3) is 5.91 Å². The number of aromatic nitrogens is 2. The highest BCUT2D eigenvalue weighted by atomic mass is 79.9. The summed E-state index contributed by atoms with van der Waals surface area (Å²) in [7, 11) is 0. The maximum Gasteiger partial charge on any atom is 0.326 e. The lowest BCUT2D eigenvalue weighted by Crippen LogP contribution is -2.42. The van der Waals surface area contributed by atoms with Gasteiger partial charge in [-0.1, -0.05) is 24.3 Å². The average molecular weight is 400 g/mol. The van der Waals surface area contributed by atoms with Crippen LogP contribution in [0.2, 0.25) is 0 Å². The minimum atomic E-state index is -1.11. The second-order valence-electron chi connectivity index (χ2n) is 5.40. The maximum atomic E-state index is 12.6. The van der Waals surface area contributed by atoms with Gasteiger partial charge in [0.05, 0.1) is 11.1 Å². The fraction of sp³-hybridized carbons (Fsp3) is 0.111. The number of hydrogen-bond acceptors (Lipinski definition) is 4. The van der Waals surface area contributed by atoms with Gasteiger partial charge in [0, 0.05) is 24.2 Å². The molecule has 3 aromatic rings. The molecule has 2 heterocycles. The van der Waals surface area contributed by atoms with E-state index in [9.17, 15) is 14.7 Å². The average Bonchev–Trinajstić information content (AvgIpc) is 2.62. The Morgan fingerprint density at radius 1 is 1.08 bits per heavy atom. The molecule has 1 amide bonds. The SMILES string of the molecule is O=C(N[C@@H](Cc1cccnc1Br)C(=O)O)c1ccnc2ccccc12. The second kappa shape index (κ2) is 7.40. The Bertz CT molecular complexity index is 940. The third kappa shape index (κ3) is 3.83. The van der Waals surface area contributed by atoms with Gasteiger partial charge in [-0.05, 0) is 39.7 Å². The van der Waals surface area contributed by atoms with Crippen molar-refractivity contribution in [3.63, 3.8) is 0 Å². The van der Waals surface area contributed by atoms with Crippen molar-refractivity contribution in [3.8, 4) is 0 Å². The lowest BCUT2D eigenvalue weighted by atomic mass is 10.1. The number of nitrogens with zero attached hydrogens (tertiary/aromatic N) is 2. The van der Waals surface area contributed by atoms with E-state index in [1.54, 1.807) is 36.5 Å². The van der Waals surface area contributed by atoms with Crippen molar-refractivity contribution in [2.24, 2.45) is 0 Å². The molecular formula is C18H14BrN3O3. The lowest BCUT2D eigenvalue weighted by Gasteiger charge is -2.16. The molecule has 25 heavy (non-hydrogen) atoms. The Labute approximate surface area is 152 Å². The number of carbonyl (C=O) groups is 2. The Morgan fingerprint density at radius 2 is 1.88 bits per heavy atom. The molecular weight excluding hydrogens is 386 g/mol. The number of amides is 1. The molecule has 7 heteroatoms. The molecule has 126 valence electrons. The molecule has 1 atom stereocenters. The molecule has 0 radical (unpaired) electrons. The van der Waals surface area contributed by atoms with Crippen molar-refractivity contribution in [3.05, 3.63) is 70.6 Å². The number of hydrogen-bond donors (Lipinski definition) is 2. The van der Waals surface area contributed by atoms with Crippen molar-refractivity contribution in [1.29, 1.82) is 0 Å². The molecule has 0 aliphatic rings. The smallest absolute Gasteiger partial charge is 0.326 e. The van der Waals surface area contributed by atoms with Gasteiger partial charge < -0.3 is 10.4 Å². The zero-order valence-electron chi connectivity index (χ0n) is 13.0. The number of carboxylic acid groups (broad SMARTS) is 1. The minimum absolute atomic E-state index is 0.124. The van der Waals surface area contributed by atoms with Crippen LogP contribution in [0.4, 0.5) is 0 Å². The summed E-state index contributed by atoms with van der Waals surface area (Å²) >= 11 is 3.29. The summed E-state index contributed by atoms with van der Waals surface area (Å²) < 4.78 is 0.560. The van der Waals surface area contributed by atoms with E-state index in [1.807, 2.05) is 12.1 Å². The van der Waals surface area contributed by atoms with Gasteiger partial charge in [0.2, 0.25) is 0 Å². The van der Waals surface area contributed by atoms with Crippen molar-refractivity contribution >= 4 is 38.7 Å². The Morgan fingerprint density at radius 3 is 2.64 bits per heavy atom. The first-order valence-corrected chi connectivity index (χ1v) is 8.32. The highest BCUT2D eigenvalue weighted by Gasteiger charge is 2.23. The normalized spacial score (nSPS) is 11.9. The fourth-order valence-electron chi connectivity index (χ4n) is 2.52. The van der Waals surface area contributed by atoms with Gasteiger partial charge in [-0.25, -0.2) is 9.78 Å². The number of benzene rings is 1. The molecule has 2 aromatic heterocycles. The van der Waals surface area contributed by atoms with E-state index in [0.717, 1.165) is 0 Å². The molecule has 2 N–H and O–H groups in total. The van der Waals surface area contributed by atoms with E-state index in [2.05, 4.69) is 31.2 Å². The third-order valence-electron chi connectivity index (χ3n) is 3.76. The number of rotatable bonds is 5. The number of carbonyl (C=O) groups excluding carboxylic acids is 1. The van der Waals surface area contributed by atoms with Crippen LogP contribution in [-0.2, 0) is 11.2 Å². The quantitative estimate of drug-likeness (QED) is 0.643. The highest BCUT2D eigenvalue weighted by Crippen LogP contribution is 2.18. The number of aliphatic carboxylic acids is 1. The van der Waals surface area contributed by atoms with E-state index in [-0.39, 0.29) is 6.42 Å². The van der Waals surface area contributed by atoms with E-state index in [4.69, 9.17) is 0 Å². The van der Waals surface area contributed by atoms with Gasteiger partial charge in [-0.3, -0.25) is 9.78 Å². The highest BCUT2D eigenvalue weighted by molar-refractivity contribution is 9.10. The molecule has 0 aliphatic carbocycles. The van der Waals surface area contributed by atoms with Gasteiger partial charge >= 0.3 is 5.97 Å². The molecule has 6 nitrogen and oxygen atoms in total. The first kappa shape index (κ1) is 17.0. The molecule has 0 aliphatic heterocycles. The minimum Gasteiger partial charge on any atom is -0.480 e. The standard InChI is InChI=1S/C18H14BrN3O3/c19-16-11(4-3-8-21-16)10-15(18(24)25)22-17(23)13-7-9-20-14-6-2-1-5-12(13)14/h1-9,15H,10H2,(H,22,23)(H,24,25)/t15-/m0/s1. The van der Waals surface area contributed by atoms with E-state index >= 15 is 0 Å². The van der Waals surface area contributed by atoms with E-state index < -0.39 is 17.9 Å². The summed E-state index contributed by atoms with van der Waals surface area (Å²) in [6, 6.07) is 11.2. The molecule has 0 saturated carbocycles. The number of halogens is 1. The van der Waals surface area contributed by atoms with Gasteiger partial charge in [-0.15, -0.1) is 0 Å². The van der Waals surface area contributed by atoms with Crippen LogP contribution in [0.5, 0.6) is 0 Å². The number of nitrogens with one attached hydrogen (secondary N) is 1. The van der Waals surface area contributed by atoms with Crippen LogP contribution in [0.3, 0.4) is 0 Å². The Hall–Kier alpha value is -2.80. The summed E-state index contributed by atoms with van der Waals surface area (Å²) in [4.78, 5) is 32.5. The second-order valence-corrected chi connectivity index (χ2v) is 6.15. The zero-order valence-corrected chi connectivity index (χ0v) is 14.6. The Balaban J connectivity index is 1.86. The summed E-state index contributed by atoms with van der Waals surface area (Å²) in [6.45, 7) is 0. The van der Waals surface area contributed by atoms with Crippen LogP contribution in [0.25, 0.3) is 10.9 Å². The van der Waals surface area contributed by atoms with Crippen LogP contribution < -0.4 is 5.32 Å². The van der Waals surface area contributed by atoms with Crippen LogP contribution >= 0.6 is 15.9 Å². The van der Waals surface area contributed by atoms with Crippen LogP contribution in [0, 0.1) is 0 Å². The van der Waals surface area contributed by atoms with Crippen molar-refractivity contribution in [2.75, 3.05) is 0 Å². The summed E-state index contributed by atoms with van der Waals surface area (Å²) in [6.07, 6.45) is 3.26. The number of para-hydroxylation sites is 1. The van der Waals surface area contributed by atoms with Crippen LogP contribution in [-0.4, -0.2) is 33.0 Å². The van der Waals surface area contributed by atoms with Crippen LogP contribution in [0.1, 0.15) is 15.9 Å². The predicted molar refractivity (Wildman–Crippen MR) is 96.3 cm³/mol. The van der Waals surface area contributed by atoms with Gasteiger partial charge in [0.1, 0.15) is 10.6 Å². The first-order valence-electron chi connectivity index (χ1n) is 7.53. The monoisotopic (exact) mass is 399 g/mol. The first-order chi connectivity index (χ1) is 12.1. The van der Waals surface area contributed by atoms with Crippen molar-refractivity contribution < 1.29 is 14.7 Å². The molecule has 0 spiro atoms. The molecule has 0 fully saturated rings. The number of carboxylic acids is 1. The van der Waals surface area contributed by atoms with Crippen molar-refractivity contribution in [2.45, 2.75) is 12.5 Å². The van der Waals surface area contributed by atoms with Gasteiger partial charge in [0.15, 0.2) is 0 Å². The van der Waals surface area contributed by atoms with E-state index in [0.29, 0.717) is 26.6 Å². The van der Waals surface area contributed by atoms with E-state index in [1.165, 1.54) is 6.20 Å². The summed E-state index contributed by atoms with van der Waals surface area (Å²) in [5, 5.41) is 12.7. The largest absolute Gasteiger partial charge is 0.480 e. The molecule has 0 saturated heterocycles. The topological polar surface area (TPSA) is 92.2 Å². The molecule has 0 unspecified atom stereocenters. The number of fused-ring (bicyclic) bond motifs is 1. The summed E-state index contributed by atoms with van der Waals surface area (Å²) in [5.41, 5.74) is 1.77. The molecule has 0 bridgehead atoms. The molecule has 3 rings (SSSR count). The fourth-order valence-corrected chi connectivity index (χ4v) is 2.93. The van der Waals surface area contributed by atoms with Gasteiger partial charge in [-0.2, -0.15) is 0 Å². The summed E-state index contributed by atoms with van der Waals surface area (Å²) in [5.74, 6) is -1.56. The maximum absolute atomic E-state index is 12.6. The lowest BCUT2D eigenvalue weighted by molar-refractivity contribution is -0.139. The van der Waals surface area contributed by atoms with Crippen LogP contribution in [0.15, 0.2) is 59.5 Å². The third-order valence-corrected chi connectivity index (χ3v) is 4.47. The number of pyridine rings is 2. The predicted octanol–water partition coefficient (Wildman–Crippen LogP) is 2.82.